The van der Waals surface area contributed by atoms with Crippen molar-refractivity contribution in [2.75, 3.05) is 63.7 Å². The molecule has 0 bridgehead atoms. The van der Waals surface area contributed by atoms with E-state index in [1.165, 1.54) is 11.3 Å². The fourth-order valence-electron chi connectivity index (χ4n) is 6.17. The molecule has 9 nitrogen and oxygen atoms in total. The van der Waals surface area contributed by atoms with Crippen LogP contribution in [0.15, 0.2) is 48.7 Å². The molecular weight excluding hydrogens is 516 g/mol. The highest BCUT2D eigenvalue weighted by atomic mass is 16.5. The Balaban J connectivity index is 1.41. The number of piperazine rings is 1. The molecule has 0 radical (unpaired) electrons. The number of hydrogen-bond acceptors (Lipinski definition) is 9. The second-order valence-corrected chi connectivity index (χ2v) is 10.7. The lowest BCUT2D eigenvalue weighted by Gasteiger charge is -2.36. The predicted molar refractivity (Wildman–Crippen MR) is 162 cm³/mol. The van der Waals surface area contributed by atoms with E-state index < -0.39 is 0 Å². The first-order chi connectivity index (χ1) is 20.1. The van der Waals surface area contributed by atoms with E-state index in [4.69, 9.17) is 9.47 Å². The monoisotopic (exact) mass is 558 g/mol. The van der Waals surface area contributed by atoms with E-state index in [-0.39, 0.29) is 12.1 Å². The minimum Gasteiger partial charge on any atom is -0.493 e. The van der Waals surface area contributed by atoms with Gasteiger partial charge in [-0.3, -0.25) is 4.90 Å². The minimum atomic E-state index is -0.312. The van der Waals surface area contributed by atoms with Gasteiger partial charge < -0.3 is 29.4 Å². The quantitative estimate of drug-likeness (QED) is 0.253. The van der Waals surface area contributed by atoms with Crippen LogP contribution in [0, 0.1) is 6.92 Å². The van der Waals surface area contributed by atoms with Crippen LogP contribution in [0.4, 0.5) is 11.6 Å². The maximum Gasteiger partial charge on any atom is 0.222 e. The van der Waals surface area contributed by atoms with Gasteiger partial charge in [-0.15, -0.1) is 0 Å². The van der Waals surface area contributed by atoms with Gasteiger partial charge in [0.15, 0.2) is 11.5 Å². The molecule has 0 spiro atoms. The van der Waals surface area contributed by atoms with Gasteiger partial charge in [-0.2, -0.15) is 0 Å². The van der Waals surface area contributed by atoms with Gasteiger partial charge in [-0.05, 0) is 67.3 Å². The van der Waals surface area contributed by atoms with Crippen molar-refractivity contribution >= 4 is 17.9 Å². The van der Waals surface area contributed by atoms with Crippen molar-refractivity contribution in [1.29, 1.82) is 0 Å². The first-order valence-electron chi connectivity index (χ1n) is 14.6. The van der Waals surface area contributed by atoms with Crippen molar-refractivity contribution in [1.82, 2.24) is 19.8 Å². The third-order valence-corrected chi connectivity index (χ3v) is 8.42. The van der Waals surface area contributed by atoms with Gasteiger partial charge in [-0.1, -0.05) is 25.1 Å². The lowest BCUT2D eigenvalue weighted by atomic mass is 9.98. The van der Waals surface area contributed by atoms with Crippen LogP contribution in [-0.2, 0) is 11.3 Å². The number of methoxy groups -OCH3 is 2. The number of rotatable bonds is 12. The molecule has 3 aromatic rings. The van der Waals surface area contributed by atoms with Gasteiger partial charge in [0, 0.05) is 62.9 Å². The third-order valence-electron chi connectivity index (χ3n) is 8.42. The summed E-state index contributed by atoms with van der Waals surface area (Å²) in [5.41, 5.74) is 5.68. The molecule has 0 saturated carbocycles. The van der Waals surface area contributed by atoms with Crippen LogP contribution in [0.2, 0.25) is 0 Å². The van der Waals surface area contributed by atoms with Crippen molar-refractivity contribution < 1.29 is 14.3 Å². The van der Waals surface area contributed by atoms with E-state index in [1.807, 2.05) is 19.1 Å². The van der Waals surface area contributed by atoms with E-state index in [1.54, 1.807) is 20.4 Å². The summed E-state index contributed by atoms with van der Waals surface area (Å²) >= 11 is 0. The molecule has 1 N–H and O–H groups in total. The molecule has 2 aromatic carbocycles. The number of carbonyl (C=O) groups excluding carboxylic acids is 1. The Kier molecular flexibility index (Phi) is 9.36. The number of aromatic nitrogens is 2. The molecule has 0 aliphatic carbocycles. The SMILES string of the molecule is CCN1CCN(c2cccc3c2CN([C@H](CCCNc2nccc(C)n2)c2ccc(OC)c(OC)c2)C3C=O)CC1. The average Bonchev–Trinajstić information content (AvgIpc) is 3.39. The average molecular weight is 559 g/mol. The largest absolute Gasteiger partial charge is 0.493 e. The number of aryl methyl sites for hydroxylation is 1. The van der Waals surface area contributed by atoms with Crippen molar-refractivity contribution in [3.05, 3.63) is 71.0 Å². The van der Waals surface area contributed by atoms with Crippen molar-refractivity contribution in [3.63, 3.8) is 0 Å². The van der Waals surface area contributed by atoms with Crippen LogP contribution < -0.4 is 19.7 Å². The summed E-state index contributed by atoms with van der Waals surface area (Å²) in [5.74, 6) is 2.02. The number of carbonyl (C=O) groups is 1. The van der Waals surface area contributed by atoms with E-state index in [0.29, 0.717) is 17.4 Å². The second-order valence-electron chi connectivity index (χ2n) is 10.7. The molecule has 5 rings (SSSR count). The molecule has 218 valence electrons. The number of nitrogens with one attached hydrogen (secondary N) is 1. The van der Waals surface area contributed by atoms with Crippen LogP contribution in [0.3, 0.4) is 0 Å². The van der Waals surface area contributed by atoms with Crippen LogP contribution in [-0.4, -0.2) is 79.5 Å². The summed E-state index contributed by atoms with van der Waals surface area (Å²) in [6, 6.07) is 14.1. The molecule has 1 fully saturated rings. The molecule has 1 saturated heterocycles. The fourth-order valence-corrected chi connectivity index (χ4v) is 6.17. The molecular formula is C32H42N6O3. The maximum absolute atomic E-state index is 12.7. The van der Waals surface area contributed by atoms with Crippen molar-refractivity contribution in [2.45, 2.75) is 45.3 Å². The number of hydrogen-bond donors (Lipinski definition) is 1. The molecule has 9 heteroatoms. The van der Waals surface area contributed by atoms with E-state index in [0.717, 1.165) is 81.8 Å². The summed E-state index contributed by atoms with van der Waals surface area (Å²) in [5, 5.41) is 3.36. The van der Waals surface area contributed by atoms with Gasteiger partial charge >= 0.3 is 0 Å². The number of fused-ring (bicyclic) bond motifs is 1. The first-order valence-corrected chi connectivity index (χ1v) is 14.6. The van der Waals surface area contributed by atoms with E-state index in [2.05, 4.69) is 67.2 Å². The molecule has 1 aromatic heterocycles. The maximum atomic E-state index is 12.7. The Morgan fingerprint density at radius 3 is 2.59 bits per heavy atom. The molecule has 1 unspecified atom stereocenters. The summed E-state index contributed by atoms with van der Waals surface area (Å²) < 4.78 is 11.2. The lowest BCUT2D eigenvalue weighted by Crippen LogP contribution is -2.46. The molecule has 2 atom stereocenters. The summed E-state index contributed by atoms with van der Waals surface area (Å²) in [6.45, 7) is 10.8. The van der Waals surface area contributed by atoms with Crippen LogP contribution in [0.25, 0.3) is 0 Å². The third kappa shape index (κ3) is 6.31. The van der Waals surface area contributed by atoms with E-state index in [9.17, 15) is 4.79 Å². The lowest BCUT2D eigenvalue weighted by molar-refractivity contribution is -0.113. The number of benzene rings is 2. The number of aldehydes is 1. The van der Waals surface area contributed by atoms with Crippen LogP contribution in [0.1, 0.15) is 54.2 Å². The molecule has 0 amide bonds. The molecule has 2 aliphatic rings. The Bertz CT molecular complexity index is 1330. The molecule has 2 aliphatic heterocycles. The second kappa shape index (κ2) is 13.3. The van der Waals surface area contributed by atoms with Crippen LogP contribution >= 0.6 is 0 Å². The topological polar surface area (TPSA) is 83.1 Å². The predicted octanol–water partition coefficient (Wildman–Crippen LogP) is 4.63. The van der Waals surface area contributed by atoms with Gasteiger partial charge in [0.25, 0.3) is 0 Å². The van der Waals surface area contributed by atoms with Gasteiger partial charge in [0.1, 0.15) is 6.29 Å². The van der Waals surface area contributed by atoms with Gasteiger partial charge in [0.2, 0.25) is 5.95 Å². The van der Waals surface area contributed by atoms with Gasteiger partial charge in [0.05, 0.1) is 20.3 Å². The highest BCUT2D eigenvalue weighted by molar-refractivity contribution is 5.70. The highest BCUT2D eigenvalue weighted by Crippen LogP contribution is 2.45. The van der Waals surface area contributed by atoms with E-state index >= 15 is 0 Å². The standard InChI is InChI=1S/C32H42N6O3/c1-5-36-16-18-37(19-17-36)28-9-6-8-25-26(28)21-38(29(25)22-39)27(24-11-12-30(40-3)31(20-24)41-4)10-7-14-33-32-34-15-13-23(2)35-32/h6,8-9,11-13,15,20,22,27,29H,5,7,10,14,16-19,21H2,1-4H3,(H,33,34,35)/t27-,29?/m1/s1. The molecule has 41 heavy (non-hydrogen) atoms. The van der Waals surface area contributed by atoms with Crippen molar-refractivity contribution in [3.8, 4) is 11.5 Å². The summed E-state index contributed by atoms with van der Waals surface area (Å²) in [7, 11) is 3.31. The first kappa shape index (κ1) is 28.8. The number of anilines is 2. The zero-order valence-corrected chi connectivity index (χ0v) is 24.7. The normalized spacial score (nSPS) is 18.1. The highest BCUT2D eigenvalue weighted by Gasteiger charge is 2.37. The Morgan fingerprint density at radius 2 is 1.88 bits per heavy atom. The van der Waals surface area contributed by atoms with Crippen molar-refractivity contribution in [2.24, 2.45) is 0 Å². The van der Waals surface area contributed by atoms with Crippen LogP contribution in [0.5, 0.6) is 11.5 Å². The zero-order valence-electron chi connectivity index (χ0n) is 24.7. The van der Waals surface area contributed by atoms with Gasteiger partial charge in [-0.25, -0.2) is 9.97 Å². The number of ether oxygens (including phenoxy) is 2. The summed E-state index contributed by atoms with van der Waals surface area (Å²) in [6.07, 6.45) is 4.60. The number of likely N-dealkylation sites (N-methyl/N-ethyl adjacent to an activating group) is 1. The minimum absolute atomic E-state index is 0.00224. The molecule has 3 heterocycles. The fraction of sp³-hybridized carbons (Fsp3) is 0.469. The Morgan fingerprint density at radius 1 is 1.07 bits per heavy atom. The Hall–Kier alpha value is -3.69. The number of nitrogens with zero attached hydrogens (tertiary/aromatic N) is 5. The summed E-state index contributed by atoms with van der Waals surface area (Å²) in [4.78, 5) is 28.9. The smallest absolute Gasteiger partial charge is 0.222 e. The zero-order chi connectivity index (χ0) is 28.8. The Labute approximate surface area is 243 Å².